The number of nitrogens with zero attached hydrogens (tertiary/aromatic N) is 3. The van der Waals surface area contributed by atoms with E-state index in [2.05, 4.69) is 63.5 Å². The van der Waals surface area contributed by atoms with Gasteiger partial charge in [-0.05, 0) is 43.4 Å². The molecule has 1 aromatic heterocycles. The molecule has 1 fully saturated rings. The molecular weight excluding hydrogens is 413 g/mol. The molecule has 2 heterocycles. The van der Waals surface area contributed by atoms with Crippen molar-refractivity contribution in [2.75, 3.05) is 39.8 Å². The van der Waals surface area contributed by atoms with E-state index in [1.165, 1.54) is 32.5 Å². The third-order valence-corrected chi connectivity index (χ3v) is 4.34. The predicted octanol–water partition coefficient (Wildman–Crippen LogP) is 2.64. The van der Waals surface area contributed by atoms with Crippen LogP contribution >= 0.6 is 24.0 Å². The first-order chi connectivity index (χ1) is 11.2. The van der Waals surface area contributed by atoms with E-state index < -0.39 is 0 Å². The number of rotatable bonds is 7. The molecule has 1 saturated heterocycles. The number of likely N-dealkylation sites (tertiary alicyclic amines) is 1. The van der Waals surface area contributed by atoms with E-state index in [4.69, 9.17) is 0 Å². The minimum atomic E-state index is 0. The van der Waals surface area contributed by atoms with Crippen molar-refractivity contribution in [1.82, 2.24) is 20.1 Å². The average molecular weight is 447 g/mol. The van der Waals surface area contributed by atoms with Gasteiger partial charge in [0.15, 0.2) is 5.96 Å². The molecule has 0 amide bonds. The van der Waals surface area contributed by atoms with Crippen molar-refractivity contribution < 1.29 is 0 Å². The summed E-state index contributed by atoms with van der Waals surface area (Å²) in [7, 11) is 1.84. The summed E-state index contributed by atoms with van der Waals surface area (Å²) in [5, 5.41) is 6.89. The highest BCUT2D eigenvalue weighted by atomic mass is 127. The Kier molecular flexibility index (Phi) is 10.4. The zero-order chi connectivity index (χ0) is 16.5. The van der Waals surface area contributed by atoms with E-state index in [-0.39, 0.29) is 24.0 Å². The summed E-state index contributed by atoms with van der Waals surface area (Å²) in [6.45, 7) is 11.2. The van der Waals surface area contributed by atoms with Gasteiger partial charge in [-0.2, -0.15) is 0 Å². The average Bonchev–Trinajstić information content (AvgIpc) is 3.03. The van der Waals surface area contributed by atoms with Crippen LogP contribution in [0.4, 0.5) is 0 Å². The summed E-state index contributed by atoms with van der Waals surface area (Å²) in [4.78, 5) is 6.94. The molecule has 1 aliphatic rings. The predicted molar refractivity (Wildman–Crippen MR) is 113 cm³/mol. The van der Waals surface area contributed by atoms with Crippen LogP contribution in [0.1, 0.15) is 26.7 Å². The monoisotopic (exact) mass is 447 g/mol. The van der Waals surface area contributed by atoms with E-state index in [1.807, 2.05) is 7.05 Å². The largest absolute Gasteiger partial charge is 0.356 e. The van der Waals surface area contributed by atoms with Gasteiger partial charge in [-0.1, -0.05) is 13.8 Å². The van der Waals surface area contributed by atoms with E-state index in [9.17, 15) is 0 Å². The van der Waals surface area contributed by atoms with Gasteiger partial charge in [0.25, 0.3) is 0 Å². The Morgan fingerprint density at radius 3 is 2.67 bits per heavy atom. The number of hydrogen-bond acceptors (Lipinski definition) is 2. The first-order valence-electron chi connectivity index (χ1n) is 8.95. The third-order valence-electron chi connectivity index (χ3n) is 4.34. The highest BCUT2D eigenvalue weighted by Gasteiger charge is 2.20. The molecule has 0 bridgehead atoms. The van der Waals surface area contributed by atoms with Gasteiger partial charge >= 0.3 is 0 Å². The van der Waals surface area contributed by atoms with Crippen LogP contribution in [0.25, 0.3) is 0 Å². The van der Waals surface area contributed by atoms with Crippen LogP contribution < -0.4 is 10.6 Å². The Hall–Kier alpha value is -0.760. The molecule has 1 unspecified atom stereocenters. The van der Waals surface area contributed by atoms with Gasteiger partial charge in [0.1, 0.15) is 0 Å². The third kappa shape index (κ3) is 7.88. The fourth-order valence-corrected chi connectivity index (χ4v) is 3.28. The van der Waals surface area contributed by atoms with E-state index in [1.54, 1.807) is 0 Å². The number of piperidine rings is 1. The molecule has 1 aliphatic heterocycles. The minimum Gasteiger partial charge on any atom is -0.356 e. The van der Waals surface area contributed by atoms with E-state index in [0.717, 1.165) is 37.4 Å². The van der Waals surface area contributed by atoms with Crippen LogP contribution in [0.2, 0.25) is 0 Å². The molecule has 0 saturated carbocycles. The molecule has 0 aromatic carbocycles. The molecule has 6 heteroatoms. The Morgan fingerprint density at radius 1 is 1.25 bits per heavy atom. The molecule has 2 rings (SSSR count). The number of aliphatic imine (C=N–C) groups is 1. The van der Waals surface area contributed by atoms with Crippen LogP contribution in [0.15, 0.2) is 29.5 Å². The fourth-order valence-electron chi connectivity index (χ4n) is 3.28. The highest BCUT2D eigenvalue weighted by molar-refractivity contribution is 14.0. The second-order valence-corrected chi connectivity index (χ2v) is 6.96. The van der Waals surface area contributed by atoms with Crippen LogP contribution in [-0.2, 0) is 6.54 Å². The quantitative estimate of drug-likeness (QED) is 0.384. The zero-order valence-corrected chi connectivity index (χ0v) is 17.7. The summed E-state index contributed by atoms with van der Waals surface area (Å²) in [6.07, 6.45) is 6.81. The first kappa shape index (κ1) is 21.3. The van der Waals surface area contributed by atoms with Crippen molar-refractivity contribution in [3.05, 3.63) is 24.5 Å². The molecule has 0 spiro atoms. The topological polar surface area (TPSA) is 44.6 Å². The standard InChI is InChI=1S/C18H33N5.HI/c1-16(2)14-23-11-6-7-17(15-23)13-21-18(19-3)20-8-12-22-9-4-5-10-22;/h4-5,9-10,16-17H,6-8,11-15H2,1-3H3,(H2,19,20,21);1H. The van der Waals surface area contributed by atoms with Crippen molar-refractivity contribution in [2.24, 2.45) is 16.8 Å². The molecular formula is C18H34IN5. The smallest absolute Gasteiger partial charge is 0.191 e. The van der Waals surface area contributed by atoms with Crippen LogP contribution in [0.3, 0.4) is 0 Å². The van der Waals surface area contributed by atoms with Crippen molar-refractivity contribution in [2.45, 2.75) is 33.2 Å². The Balaban J connectivity index is 0.00000288. The van der Waals surface area contributed by atoms with Crippen molar-refractivity contribution in [3.63, 3.8) is 0 Å². The first-order valence-corrected chi connectivity index (χ1v) is 8.95. The second-order valence-electron chi connectivity index (χ2n) is 6.96. The zero-order valence-electron chi connectivity index (χ0n) is 15.4. The highest BCUT2D eigenvalue weighted by Crippen LogP contribution is 2.16. The van der Waals surface area contributed by atoms with Gasteiger partial charge < -0.3 is 20.1 Å². The maximum Gasteiger partial charge on any atom is 0.191 e. The molecule has 5 nitrogen and oxygen atoms in total. The van der Waals surface area contributed by atoms with Gasteiger partial charge in [0.05, 0.1) is 0 Å². The summed E-state index contributed by atoms with van der Waals surface area (Å²) < 4.78 is 2.17. The number of nitrogens with one attached hydrogen (secondary N) is 2. The molecule has 0 radical (unpaired) electrons. The molecule has 1 atom stereocenters. The molecule has 1 aromatic rings. The van der Waals surface area contributed by atoms with Gasteiger partial charge in [-0.25, -0.2) is 0 Å². The second kappa shape index (κ2) is 11.7. The van der Waals surface area contributed by atoms with E-state index >= 15 is 0 Å². The fraction of sp³-hybridized carbons (Fsp3) is 0.722. The minimum absolute atomic E-state index is 0. The molecule has 138 valence electrons. The summed E-state index contributed by atoms with van der Waals surface area (Å²) in [5.74, 6) is 2.40. The maximum absolute atomic E-state index is 4.33. The summed E-state index contributed by atoms with van der Waals surface area (Å²) in [6, 6.07) is 4.11. The lowest BCUT2D eigenvalue weighted by Crippen LogP contribution is -2.45. The molecule has 24 heavy (non-hydrogen) atoms. The number of guanidine groups is 1. The SMILES string of the molecule is CN=C(NCCn1cccc1)NCC1CCCN(CC(C)C)C1.I. The molecule has 2 N–H and O–H groups in total. The normalized spacial score (nSPS) is 19.2. The van der Waals surface area contributed by atoms with Gasteiger partial charge in [0, 0.05) is 52.2 Å². The maximum atomic E-state index is 4.33. The Bertz CT molecular complexity index is 458. The molecule has 0 aliphatic carbocycles. The van der Waals surface area contributed by atoms with Gasteiger partial charge in [-0.3, -0.25) is 4.99 Å². The van der Waals surface area contributed by atoms with Crippen molar-refractivity contribution in [1.29, 1.82) is 0 Å². The van der Waals surface area contributed by atoms with Crippen LogP contribution in [0.5, 0.6) is 0 Å². The lowest BCUT2D eigenvalue weighted by molar-refractivity contribution is 0.159. The summed E-state index contributed by atoms with van der Waals surface area (Å²) >= 11 is 0. The lowest BCUT2D eigenvalue weighted by Gasteiger charge is -2.34. The van der Waals surface area contributed by atoms with Crippen LogP contribution in [0, 0.1) is 11.8 Å². The number of aromatic nitrogens is 1. The number of halogens is 1. The van der Waals surface area contributed by atoms with Crippen molar-refractivity contribution >= 4 is 29.9 Å². The Morgan fingerprint density at radius 2 is 2.00 bits per heavy atom. The lowest BCUT2D eigenvalue weighted by atomic mass is 9.97. The number of hydrogen-bond donors (Lipinski definition) is 2. The van der Waals surface area contributed by atoms with Gasteiger partial charge in [0.2, 0.25) is 0 Å². The Labute approximate surface area is 164 Å². The van der Waals surface area contributed by atoms with Crippen LogP contribution in [-0.4, -0.2) is 55.2 Å². The van der Waals surface area contributed by atoms with Crippen molar-refractivity contribution in [3.8, 4) is 0 Å². The summed E-state index contributed by atoms with van der Waals surface area (Å²) in [5.41, 5.74) is 0. The van der Waals surface area contributed by atoms with Gasteiger partial charge in [-0.15, -0.1) is 24.0 Å². The van der Waals surface area contributed by atoms with E-state index in [0.29, 0.717) is 0 Å².